The molecule has 0 bridgehead atoms. The maximum absolute atomic E-state index is 9.77. The van der Waals surface area contributed by atoms with Gasteiger partial charge in [-0.2, -0.15) is 4.98 Å². The topological polar surface area (TPSA) is 84.5 Å². The summed E-state index contributed by atoms with van der Waals surface area (Å²) in [6.45, 7) is 5.54. The van der Waals surface area contributed by atoms with Gasteiger partial charge < -0.3 is 14.4 Å². The summed E-state index contributed by atoms with van der Waals surface area (Å²) in [5, 5.41) is 13.7. The molecule has 0 radical (unpaired) electrons. The molecule has 7 heteroatoms. The Morgan fingerprint density at radius 2 is 2.38 bits per heavy atom. The molecule has 1 aliphatic heterocycles. The van der Waals surface area contributed by atoms with Gasteiger partial charge in [-0.15, -0.1) is 0 Å². The molecule has 2 aromatic heterocycles. The zero-order valence-corrected chi connectivity index (χ0v) is 11.9. The molecular weight excluding hydrogens is 272 g/mol. The standard InChI is InChI=1S/C14H18N4O3/c1-2-5-18-6-7-20-12(9-18)13-16-14(21-17-13)10-3-4-15-8-11(10)19/h3-4,8,12,19H,2,5-7,9H2,1H3. The molecule has 0 amide bonds. The van der Waals surface area contributed by atoms with Crippen molar-refractivity contribution in [3.05, 3.63) is 24.3 Å². The average molecular weight is 290 g/mol. The Balaban J connectivity index is 1.77. The predicted molar refractivity (Wildman–Crippen MR) is 74.6 cm³/mol. The summed E-state index contributed by atoms with van der Waals surface area (Å²) in [5.41, 5.74) is 0.477. The van der Waals surface area contributed by atoms with Gasteiger partial charge in [-0.1, -0.05) is 12.1 Å². The van der Waals surface area contributed by atoms with E-state index >= 15 is 0 Å². The molecule has 1 aliphatic rings. The third kappa shape index (κ3) is 3.03. The van der Waals surface area contributed by atoms with Crippen molar-refractivity contribution in [2.75, 3.05) is 26.2 Å². The van der Waals surface area contributed by atoms with Gasteiger partial charge >= 0.3 is 0 Å². The Morgan fingerprint density at radius 3 is 3.19 bits per heavy atom. The van der Waals surface area contributed by atoms with E-state index in [1.54, 1.807) is 12.3 Å². The fourth-order valence-electron chi connectivity index (χ4n) is 2.42. The minimum absolute atomic E-state index is 0.0184. The van der Waals surface area contributed by atoms with Gasteiger partial charge in [0.05, 0.1) is 18.4 Å². The van der Waals surface area contributed by atoms with Crippen molar-refractivity contribution in [2.24, 2.45) is 0 Å². The van der Waals surface area contributed by atoms with Crippen molar-refractivity contribution >= 4 is 0 Å². The number of hydrogen-bond acceptors (Lipinski definition) is 7. The number of hydrogen-bond donors (Lipinski definition) is 1. The van der Waals surface area contributed by atoms with Crippen molar-refractivity contribution in [2.45, 2.75) is 19.4 Å². The number of ether oxygens (including phenoxy) is 1. The van der Waals surface area contributed by atoms with E-state index in [1.165, 1.54) is 6.20 Å². The van der Waals surface area contributed by atoms with Crippen molar-refractivity contribution in [3.8, 4) is 17.2 Å². The molecule has 1 unspecified atom stereocenters. The van der Waals surface area contributed by atoms with Crippen LogP contribution in [0, 0.1) is 0 Å². The summed E-state index contributed by atoms with van der Waals surface area (Å²) in [4.78, 5) is 10.5. The zero-order valence-electron chi connectivity index (χ0n) is 11.9. The van der Waals surface area contributed by atoms with Gasteiger partial charge in [-0.3, -0.25) is 9.88 Å². The SMILES string of the molecule is CCCN1CCOC(c2noc(-c3ccncc3O)n2)C1. The summed E-state index contributed by atoms with van der Waals surface area (Å²) in [7, 11) is 0. The summed E-state index contributed by atoms with van der Waals surface area (Å²) in [6.07, 6.45) is 3.83. The van der Waals surface area contributed by atoms with Gasteiger partial charge in [0.1, 0.15) is 11.9 Å². The van der Waals surface area contributed by atoms with Gasteiger partial charge in [0.25, 0.3) is 5.89 Å². The van der Waals surface area contributed by atoms with Crippen molar-refractivity contribution in [1.82, 2.24) is 20.0 Å². The van der Waals surface area contributed by atoms with Gasteiger partial charge in [-0.25, -0.2) is 0 Å². The van der Waals surface area contributed by atoms with Crippen LogP contribution in [0.15, 0.2) is 23.0 Å². The highest BCUT2D eigenvalue weighted by Crippen LogP contribution is 2.28. The normalized spacial score (nSPS) is 19.8. The molecule has 1 atom stereocenters. The summed E-state index contributed by atoms with van der Waals surface area (Å²) in [6, 6.07) is 1.64. The average Bonchev–Trinajstić information content (AvgIpc) is 2.98. The molecule has 3 rings (SSSR count). The number of rotatable bonds is 4. The lowest BCUT2D eigenvalue weighted by molar-refractivity contribution is -0.0350. The molecule has 3 heterocycles. The van der Waals surface area contributed by atoms with Gasteiger partial charge in [0.2, 0.25) is 5.82 Å². The van der Waals surface area contributed by atoms with E-state index in [4.69, 9.17) is 9.26 Å². The first kappa shape index (κ1) is 14.0. The van der Waals surface area contributed by atoms with Gasteiger partial charge in [-0.05, 0) is 19.0 Å². The van der Waals surface area contributed by atoms with Crippen LogP contribution in [0.4, 0.5) is 0 Å². The molecule has 1 fully saturated rings. The zero-order chi connectivity index (χ0) is 14.7. The van der Waals surface area contributed by atoms with Crippen LogP contribution in [0.25, 0.3) is 11.5 Å². The first-order chi connectivity index (χ1) is 10.3. The number of pyridine rings is 1. The molecule has 1 saturated heterocycles. The van der Waals surface area contributed by atoms with E-state index in [1.807, 2.05) is 0 Å². The lowest BCUT2D eigenvalue weighted by Crippen LogP contribution is -2.39. The van der Waals surface area contributed by atoms with Crippen LogP contribution in [0.1, 0.15) is 25.3 Å². The molecule has 0 aromatic carbocycles. The van der Waals surface area contributed by atoms with E-state index in [0.717, 1.165) is 26.1 Å². The molecule has 112 valence electrons. The Morgan fingerprint density at radius 1 is 1.48 bits per heavy atom. The summed E-state index contributed by atoms with van der Waals surface area (Å²) >= 11 is 0. The molecule has 0 aliphatic carbocycles. The predicted octanol–water partition coefficient (Wildman–Crippen LogP) is 1.62. The molecule has 1 N–H and O–H groups in total. The second-order valence-corrected chi connectivity index (χ2v) is 5.01. The summed E-state index contributed by atoms with van der Waals surface area (Å²) < 4.78 is 11.0. The van der Waals surface area contributed by atoms with Crippen LogP contribution in [0.2, 0.25) is 0 Å². The second kappa shape index (κ2) is 6.19. The fraction of sp³-hybridized carbons (Fsp3) is 0.500. The Kier molecular flexibility index (Phi) is 4.12. The number of morpholine rings is 1. The second-order valence-electron chi connectivity index (χ2n) is 5.01. The van der Waals surface area contributed by atoms with Crippen LogP contribution in [0.5, 0.6) is 5.75 Å². The Labute approximate surface area is 122 Å². The van der Waals surface area contributed by atoms with Gasteiger partial charge in [0, 0.05) is 19.3 Å². The third-order valence-corrected chi connectivity index (χ3v) is 3.45. The monoisotopic (exact) mass is 290 g/mol. The maximum Gasteiger partial charge on any atom is 0.261 e. The van der Waals surface area contributed by atoms with Crippen LogP contribution in [-0.2, 0) is 4.74 Å². The molecule has 21 heavy (non-hydrogen) atoms. The number of nitrogens with zero attached hydrogens (tertiary/aromatic N) is 4. The summed E-state index contributed by atoms with van der Waals surface area (Å²) in [5.74, 6) is 0.813. The van der Waals surface area contributed by atoms with Crippen molar-refractivity contribution in [3.63, 3.8) is 0 Å². The van der Waals surface area contributed by atoms with Crippen molar-refractivity contribution < 1.29 is 14.4 Å². The Bertz CT molecular complexity index is 599. The number of aromatic nitrogens is 3. The van der Waals surface area contributed by atoms with E-state index < -0.39 is 0 Å². The van der Waals surface area contributed by atoms with E-state index in [-0.39, 0.29) is 17.7 Å². The Hall–Kier alpha value is -1.99. The first-order valence-corrected chi connectivity index (χ1v) is 7.09. The van der Waals surface area contributed by atoms with E-state index in [0.29, 0.717) is 18.0 Å². The lowest BCUT2D eigenvalue weighted by Gasteiger charge is -2.30. The molecule has 0 saturated carbocycles. The smallest absolute Gasteiger partial charge is 0.261 e. The lowest BCUT2D eigenvalue weighted by atomic mass is 10.2. The minimum atomic E-state index is -0.188. The molecule has 7 nitrogen and oxygen atoms in total. The van der Waals surface area contributed by atoms with E-state index in [2.05, 4.69) is 26.9 Å². The van der Waals surface area contributed by atoms with Crippen LogP contribution in [0.3, 0.4) is 0 Å². The van der Waals surface area contributed by atoms with Crippen LogP contribution < -0.4 is 0 Å². The highest BCUT2D eigenvalue weighted by atomic mass is 16.5. The van der Waals surface area contributed by atoms with Crippen molar-refractivity contribution in [1.29, 1.82) is 0 Å². The van der Waals surface area contributed by atoms with E-state index in [9.17, 15) is 5.11 Å². The first-order valence-electron chi connectivity index (χ1n) is 7.09. The molecule has 2 aromatic rings. The van der Waals surface area contributed by atoms with Crippen LogP contribution >= 0.6 is 0 Å². The fourth-order valence-corrected chi connectivity index (χ4v) is 2.42. The molecule has 0 spiro atoms. The highest BCUT2D eigenvalue weighted by Gasteiger charge is 2.26. The van der Waals surface area contributed by atoms with Gasteiger partial charge in [0.15, 0.2) is 0 Å². The number of aromatic hydroxyl groups is 1. The minimum Gasteiger partial charge on any atom is -0.505 e. The molecular formula is C14H18N4O3. The maximum atomic E-state index is 9.77. The third-order valence-electron chi connectivity index (χ3n) is 3.45. The van der Waals surface area contributed by atoms with Crippen LogP contribution in [-0.4, -0.2) is 51.4 Å². The highest BCUT2D eigenvalue weighted by molar-refractivity contribution is 5.60. The largest absolute Gasteiger partial charge is 0.505 e. The quantitative estimate of drug-likeness (QED) is 0.915.